The summed E-state index contributed by atoms with van der Waals surface area (Å²) in [6.45, 7) is 9.20. The number of hydrogen-bond donors (Lipinski definition) is 2. The van der Waals surface area contributed by atoms with E-state index in [1.807, 2.05) is 0 Å². The third-order valence-corrected chi connectivity index (χ3v) is 7.44. The lowest BCUT2D eigenvalue weighted by molar-refractivity contribution is 0.0500. The van der Waals surface area contributed by atoms with Crippen LogP contribution in [-0.4, -0.2) is 59.2 Å². The Morgan fingerprint density at radius 1 is 1.14 bits per heavy atom. The molecule has 10 nitrogen and oxygen atoms in total. The number of aromatic nitrogens is 6. The summed E-state index contributed by atoms with van der Waals surface area (Å²) in [5.41, 5.74) is -0.220. The molecule has 2 N–H and O–H groups in total. The average molecular weight is 498 g/mol. The summed E-state index contributed by atoms with van der Waals surface area (Å²) in [4.78, 5) is 10.9. The lowest BCUT2D eigenvalue weighted by Crippen LogP contribution is -2.55. The van der Waals surface area contributed by atoms with E-state index in [0.717, 1.165) is 32.0 Å². The predicted octanol–water partition coefficient (Wildman–Crippen LogP) is 3.92. The molecule has 0 bridgehead atoms. The summed E-state index contributed by atoms with van der Waals surface area (Å²) in [5.74, 6) is -0.138. The second-order valence-electron chi connectivity index (χ2n) is 10.9. The zero-order valence-corrected chi connectivity index (χ0v) is 20.7. The molecule has 12 heteroatoms. The number of nitrogens with zero attached hydrogens (tertiary/aromatic N) is 7. The fraction of sp³-hybridized carbons (Fsp3) is 0.542. The molecular formula is C24H29F2N9O. The highest BCUT2D eigenvalue weighted by atomic mass is 19.1. The van der Waals surface area contributed by atoms with E-state index in [2.05, 4.69) is 54.9 Å². The molecule has 1 aromatic carbocycles. The Labute approximate surface area is 207 Å². The van der Waals surface area contributed by atoms with Crippen molar-refractivity contribution in [3.63, 3.8) is 0 Å². The maximum atomic E-state index is 15.0. The van der Waals surface area contributed by atoms with Crippen LogP contribution in [0.5, 0.6) is 5.75 Å². The van der Waals surface area contributed by atoms with E-state index in [1.54, 1.807) is 13.8 Å². The van der Waals surface area contributed by atoms with Gasteiger partial charge in [-0.2, -0.15) is 9.67 Å². The number of ether oxygens (including phenoxy) is 1. The molecule has 3 aliphatic heterocycles. The number of tetrazole rings is 1. The summed E-state index contributed by atoms with van der Waals surface area (Å²) < 4.78 is 37.2. The van der Waals surface area contributed by atoms with Crippen molar-refractivity contribution in [1.29, 1.82) is 0 Å². The van der Waals surface area contributed by atoms with E-state index < -0.39 is 17.2 Å². The van der Waals surface area contributed by atoms with E-state index >= 15 is 4.39 Å². The second kappa shape index (κ2) is 8.05. The fourth-order valence-corrected chi connectivity index (χ4v) is 5.89. The van der Waals surface area contributed by atoms with Gasteiger partial charge in [-0.25, -0.2) is 13.8 Å². The van der Waals surface area contributed by atoms with E-state index in [0.29, 0.717) is 23.3 Å². The van der Waals surface area contributed by atoms with E-state index in [1.165, 1.54) is 23.2 Å². The van der Waals surface area contributed by atoms with Gasteiger partial charge in [0.05, 0.1) is 11.9 Å². The molecule has 0 radical (unpaired) electrons. The quantitative estimate of drug-likeness (QED) is 0.555. The number of hydrogen-bond acceptors (Lipinski definition) is 9. The first-order chi connectivity index (χ1) is 17.1. The number of halogens is 2. The largest absolute Gasteiger partial charge is 0.477 e. The molecule has 5 heterocycles. The molecule has 0 aliphatic carbocycles. The molecule has 2 fully saturated rings. The summed E-state index contributed by atoms with van der Waals surface area (Å²) >= 11 is 0. The summed E-state index contributed by atoms with van der Waals surface area (Å²) in [7, 11) is 0. The Kier molecular flexibility index (Phi) is 5.15. The Morgan fingerprint density at radius 2 is 1.97 bits per heavy atom. The molecule has 0 unspecified atom stereocenters. The topological polar surface area (TPSA) is 106 Å². The highest BCUT2D eigenvalue weighted by Crippen LogP contribution is 2.40. The summed E-state index contributed by atoms with van der Waals surface area (Å²) in [6.07, 6.45) is 5.24. The van der Waals surface area contributed by atoms with Crippen molar-refractivity contribution in [3.05, 3.63) is 35.8 Å². The van der Waals surface area contributed by atoms with E-state index in [-0.39, 0.29) is 29.0 Å². The van der Waals surface area contributed by atoms with Gasteiger partial charge in [0.15, 0.2) is 28.9 Å². The summed E-state index contributed by atoms with van der Waals surface area (Å²) in [5, 5.41) is 18.0. The first-order valence-electron chi connectivity index (χ1n) is 12.3. The normalized spacial score (nSPS) is 23.8. The van der Waals surface area contributed by atoms with Crippen LogP contribution in [-0.2, 0) is 5.60 Å². The van der Waals surface area contributed by atoms with Crippen molar-refractivity contribution in [1.82, 2.24) is 35.1 Å². The Balaban J connectivity index is 1.25. The van der Waals surface area contributed by atoms with Crippen LogP contribution in [0, 0.1) is 11.6 Å². The van der Waals surface area contributed by atoms with Gasteiger partial charge in [-0.3, -0.25) is 4.90 Å². The molecule has 0 spiro atoms. The van der Waals surface area contributed by atoms with Crippen molar-refractivity contribution >= 4 is 17.5 Å². The zero-order chi connectivity index (χ0) is 25.2. The number of fused-ring (bicyclic) bond motifs is 4. The molecule has 0 amide bonds. The van der Waals surface area contributed by atoms with Gasteiger partial charge in [-0.05, 0) is 76.4 Å². The molecule has 3 aliphatic rings. The SMILES string of the molecule is CC1(C)Oc2cc(F)c(Nc3ncc(F)c(N[C@H]4C[C@H]5CCCN5C(C)(C)C4)n3)cc2-n2nnnc21. The molecule has 190 valence electrons. The molecule has 2 atom stereocenters. The van der Waals surface area contributed by atoms with Crippen LogP contribution >= 0.6 is 0 Å². The fourth-order valence-electron chi connectivity index (χ4n) is 5.89. The van der Waals surface area contributed by atoms with Gasteiger partial charge in [-0.15, -0.1) is 5.10 Å². The second-order valence-corrected chi connectivity index (χ2v) is 10.9. The molecule has 2 saturated heterocycles. The van der Waals surface area contributed by atoms with Gasteiger partial charge in [0.2, 0.25) is 5.95 Å². The molecular weight excluding hydrogens is 468 g/mol. The first-order valence-corrected chi connectivity index (χ1v) is 12.3. The maximum Gasteiger partial charge on any atom is 0.229 e. The van der Waals surface area contributed by atoms with E-state index in [9.17, 15) is 4.39 Å². The molecule has 2 aromatic heterocycles. The van der Waals surface area contributed by atoms with Crippen molar-refractivity contribution < 1.29 is 13.5 Å². The van der Waals surface area contributed by atoms with Crippen LogP contribution in [0.4, 0.5) is 26.2 Å². The van der Waals surface area contributed by atoms with E-state index in [4.69, 9.17) is 4.74 Å². The smallest absolute Gasteiger partial charge is 0.229 e. The minimum Gasteiger partial charge on any atom is -0.477 e. The molecule has 6 rings (SSSR count). The third-order valence-electron chi connectivity index (χ3n) is 7.44. The van der Waals surface area contributed by atoms with Gasteiger partial charge < -0.3 is 15.4 Å². The average Bonchev–Trinajstić information content (AvgIpc) is 3.47. The standard InChI is InChI=1S/C24H29F2N9O/c1-23(2)11-13(8-14-6-5-7-34(14)23)28-20-16(26)12-27-22(30-20)29-17-10-18-19(9-15(17)25)36-24(3,4)21-31-32-33-35(18)21/h9-10,12-14H,5-8,11H2,1-4H3,(H2,27,28,29,30)/t13-,14+/m0/s1. The number of benzene rings is 1. The Hall–Kier alpha value is -3.41. The lowest BCUT2D eigenvalue weighted by Gasteiger charge is -2.47. The van der Waals surface area contributed by atoms with Gasteiger partial charge in [0.25, 0.3) is 0 Å². The van der Waals surface area contributed by atoms with Crippen molar-refractivity contribution in [2.75, 3.05) is 17.2 Å². The Morgan fingerprint density at radius 3 is 2.81 bits per heavy atom. The zero-order valence-electron chi connectivity index (χ0n) is 20.7. The minimum atomic E-state index is -0.818. The van der Waals surface area contributed by atoms with Crippen LogP contribution in [0.15, 0.2) is 18.3 Å². The summed E-state index contributed by atoms with van der Waals surface area (Å²) in [6, 6.07) is 3.36. The highest BCUT2D eigenvalue weighted by Gasteiger charge is 2.43. The predicted molar refractivity (Wildman–Crippen MR) is 128 cm³/mol. The van der Waals surface area contributed by atoms with Gasteiger partial charge >= 0.3 is 0 Å². The van der Waals surface area contributed by atoms with Crippen molar-refractivity contribution in [2.45, 2.75) is 76.6 Å². The number of nitrogens with one attached hydrogen (secondary N) is 2. The first kappa shape index (κ1) is 23.0. The lowest BCUT2D eigenvalue weighted by atomic mass is 9.84. The van der Waals surface area contributed by atoms with Crippen molar-refractivity contribution in [2.24, 2.45) is 0 Å². The van der Waals surface area contributed by atoms with Gasteiger partial charge in [0, 0.05) is 23.7 Å². The Bertz CT molecular complexity index is 1320. The minimum absolute atomic E-state index is 0.0274. The molecule has 36 heavy (non-hydrogen) atoms. The number of rotatable bonds is 4. The maximum absolute atomic E-state index is 15.0. The van der Waals surface area contributed by atoms with Crippen LogP contribution < -0.4 is 15.4 Å². The number of anilines is 3. The van der Waals surface area contributed by atoms with Crippen LogP contribution in [0.2, 0.25) is 0 Å². The molecule has 3 aromatic rings. The van der Waals surface area contributed by atoms with Gasteiger partial charge in [0.1, 0.15) is 11.4 Å². The van der Waals surface area contributed by atoms with Crippen molar-refractivity contribution in [3.8, 4) is 11.4 Å². The van der Waals surface area contributed by atoms with Gasteiger partial charge in [-0.1, -0.05) is 0 Å². The third kappa shape index (κ3) is 3.83. The molecule has 0 saturated carbocycles. The number of piperidine rings is 1. The van der Waals surface area contributed by atoms with Crippen LogP contribution in [0.1, 0.15) is 59.2 Å². The van der Waals surface area contributed by atoms with Crippen LogP contribution in [0.3, 0.4) is 0 Å². The monoisotopic (exact) mass is 497 g/mol. The van der Waals surface area contributed by atoms with Crippen LogP contribution in [0.25, 0.3) is 5.69 Å². The highest BCUT2D eigenvalue weighted by molar-refractivity contribution is 5.64.